The zero-order valence-electron chi connectivity index (χ0n) is 17.4. The number of hydrogen-bond acceptors (Lipinski definition) is 4. The summed E-state index contributed by atoms with van der Waals surface area (Å²) in [5, 5.41) is 6.71. The fourth-order valence-corrected chi connectivity index (χ4v) is 3.02. The van der Waals surface area contributed by atoms with Crippen LogP contribution >= 0.6 is 0 Å². The van der Waals surface area contributed by atoms with E-state index in [4.69, 9.17) is 14.2 Å². The molecule has 1 aliphatic rings. The summed E-state index contributed by atoms with van der Waals surface area (Å²) in [6.07, 6.45) is 4.50. The third-order valence-corrected chi connectivity index (χ3v) is 4.60. The molecule has 0 saturated carbocycles. The fraction of sp³-hybridized carbons (Fsp3) is 0.950. The van der Waals surface area contributed by atoms with Crippen LogP contribution in [0.5, 0.6) is 0 Å². The van der Waals surface area contributed by atoms with Crippen molar-refractivity contribution in [2.75, 3.05) is 52.7 Å². The molecule has 0 aliphatic carbocycles. The lowest BCUT2D eigenvalue weighted by Gasteiger charge is -2.22. The van der Waals surface area contributed by atoms with E-state index in [-0.39, 0.29) is 0 Å². The van der Waals surface area contributed by atoms with Gasteiger partial charge in [-0.3, -0.25) is 4.99 Å². The molecule has 0 aromatic carbocycles. The quantitative estimate of drug-likeness (QED) is 0.296. The monoisotopic (exact) mass is 371 g/mol. The van der Waals surface area contributed by atoms with Crippen molar-refractivity contribution in [3.63, 3.8) is 0 Å². The van der Waals surface area contributed by atoms with E-state index in [2.05, 4.69) is 43.3 Å². The SMILES string of the molecule is CCNC(=NCCCOCC1CCOCC1)NCCC(OCC)C(C)C. The van der Waals surface area contributed by atoms with Gasteiger partial charge in [-0.2, -0.15) is 0 Å². The lowest BCUT2D eigenvalue weighted by molar-refractivity contribution is 0.0205. The van der Waals surface area contributed by atoms with Gasteiger partial charge in [0.1, 0.15) is 0 Å². The van der Waals surface area contributed by atoms with E-state index in [0.29, 0.717) is 17.9 Å². The summed E-state index contributed by atoms with van der Waals surface area (Å²) in [5.41, 5.74) is 0. The largest absolute Gasteiger partial charge is 0.381 e. The maximum absolute atomic E-state index is 5.80. The van der Waals surface area contributed by atoms with E-state index >= 15 is 0 Å². The topological polar surface area (TPSA) is 64.1 Å². The number of nitrogens with one attached hydrogen (secondary N) is 2. The lowest BCUT2D eigenvalue weighted by atomic mass is 10.0. The Kier molecular flexibility index (Phi) is 13.6. The zero-order chi connectivity index (χ0) is 19.0. The summed E-state index contributed by atoms with van der Waals surface area (Å²) in [6, 6.07) is 0. The first-order valence-corrected chi connectivity index (χ1v) is 10.5. The fourth-order valence-electron chi connectivity index (χ4n) is 3.02. The molecule has 1 heterocycles. The highest BCUT2D eigenvalue weighted by Gasteiger charge is 2.14. The minimum atomic E-state index is 0.300. The van der Waals surface area contributed by atoms with Crippen LogP contribution in [0.25, 0.3) is 0 Å². The molecule has 0 amide bonds. The number of guanidine groups is 1. The Bertz CT molecular complexity index is 358. The van der Waals surface area contributed by atoms with Gasteiger partial charge in [0.05, 0.1) is 6.10 Å². The predicted octanol–water partition coefficient (Wildman–Crippen LogP) is 2.83. The van der Waals surface area contributed by atoms with Gasteiger partial charge in [0.15, 0.2) is 5.96 Å². The highest BCUT2D eigenvalue weighted by molar-refractivity contribution is 5.79. The summed E-state index contributed by atoms with van der Waals surface area (Å²) in [7, 11) is 0. The molecule has 1 unspecified atom stereocenters. The predicted molar refractivity (Wildman–Crippen MR) is 108 cm³/mol. The number of nitrogens with zero attached hydrogens (tertiary/aromatic N) is 1. The molecule has 1 saturated heterocycles. The third-order valence-electron chi connectivity index (χ3n) is 4.60. The molecule has 1 aliphatic heterocycles. The Balaban J connectivity index is 2.16. The second-order valence-corrected chi connectivity index (χ2v) is 7.20. The minimum Gasteiger partial charge on any atom is -0.381 e. The Morgan fingerprint density at radius 1 is 1.19 bits per heavy atom. The lowest BCUT2D eigenvalue weighted by Crippen LogP contribution is -2.39. The zero-order valence-corrected chi connectivity index (χ0v) is 17.4. The number of hydrogen-bond donors (Lipinski definition) is 2. The first-order valence-electron chi connectivity index (χ1n) is 10.5. The van der Waals surface area contributed by atoms with Gasteiger partial charge in [-0.05, 0) is 51.4 Å². The van der Waals surface area contributed by atoms with Crippen molar-refractivity contribution in [3.8, 4) is 0 Å². The van der Waals surface area contributed by atoms with Crippen molar-refractivity contribution in [3.05, 3.63) is 0 Å². The summed E-state index contributed by atoms with van der Waals surface area (Å²) < 4.78 is 17.0. The molecule has 0 spiro atoms. The van der Waals surface area contributed by atoms with Crippen LogP contribution in [0.3, 0.4) is 0 Å². The average Bonchev–Trinajstić information content (AvgIpc) is 2.64. The summed E-state index contributed by atoms with van der Waals surface area (Å²) in [4.78, 5) is 4.64. The molecule has 0 radical (unpaired) electrons. The Hall–Kier alpha value is -0.850. The minimum absolute atomic E-state index is 0.300. The molecule has 1 atom stereocenters. The molecule has 6 heteroatoms. The second-order valence-electron chi connectivity index (χ2n) is 7.20. The van der Waals surface area contributed by atoms with Crippen LogP contribution in [0.1, 0.15) is 53.4 Å². The molecular weight excluding hydrogens is 330 g/mol. The van der Waals surface area contributed by atoms with Crippen molar-refractivity contribution in [2.24, 2.45) is 16.8 Å². The molecule has 0 aromatic heterocycles. The van der Waals surface area contributed by atoms with Crippen molar-refractivity contribution >= 4 is 5.96 Å². The van der Waals surface area contributed by atoms with Gasteiger partial charge >= 0.3 is 0 Å². The van der Waals surface area contributed by atoms with Gasteiger partial charge in [-0.1, -0.05) is 13.8 Å². The van der Waals surface area contributed by atoms with Crippen LogP contribution in [0.15, 0.2) is 4.99 Å². The Morgan fingerprint density at radius 3 is 2.62 bits per heavy atom. The van der Waals surface area contributed by atoms with Crippen LogP contribution in [0, 0.1) is 11.8 Å². The molecule has 6 nitrogen and oxygen atoms in total. The standard InChI is InChI=1S/C20H41N3O3/c1-5-21-20(23-12-8-19(17(3)4)26-6-2)22-11-7-13-25-16-18-9-14-24-15-10-18/h17-19H,5-16H2,1-4H3,(H2,21,22,23). The van der Waals surface area contributed by atoms with Crippen molar-refractivity contribution in [1.29, 1.82) is 0 Å². The molecular formula is C20H41N3O3. The highest BCUT2D eigenvalue weighted by Crippen LogP contribution is 2.14. The molecule has 0 bridgehead atoms. The van der Waals surface area contributed by atoms with Crippen LogP contribution in [0.2, 0.25) is 0 Å². The third kappa shape index (κ3) is 11.0. The van der Waals surface area contributed by atoms with Crippen LogP contribution in [-0.2, 0) is 14.2 Å². The molecule has 154 valence electrons. The highest BCUT2D eigenvalue weighted by atomic mass is 16.5. The Labute approximate surface area is 160 Å². The first-order chi connectivity index (χ1) is 12.7. The van der Waals surface area contributed by atoms with Crippen LogP contribution < -0.4 is 10.6 Å². The molecule has 1 fully saturated rings. The van der Waals surface area contributed by atoms with Gasteiger partial charge in [0.2, 0.25) is 0 Å². The number of aliphatic imine (C=N–C) groups is 1. The van der Waals surface area contributed by atoms with E-state index in [1.807, 2.05) is 0 Å². The van der Waals surface area contributed by atoms with E-state index in [9.17, 15) is 0 Å². The molecule has 1 rings (SSSR count). The summed E-state index contributed by atoms with van der Waals surface area (Å²) in [5.74, 6) is 2.09. The second kappa shape index (κ2) is 15.2. The van der Waals surface area contributed by atoms with Gasteiger partial charge in [0, 0.05) is 52.7 Å². The van der Waals surface area contributed by atoms with E-state index < -0.39 is 0 Å². The average molecular weight is 372 g/mol. The summed E-state index contributed by atoms with van der Waals surface area (Å²) >= 11 is 0. The molecule has 26 heavy (non-hydrogen) atoms. The maximum atomic E-state index is 5.80. The smallest absolute Gasteiger partial charge is 0.191 e. The van der Waals surface area contributed by atoms with Crippen LogP contribution in [-0.4, -0.2) is 64.7 Å². The van der Waals surface area contributed by atoms with Gasteiger partial charge < -0.3 is 24.8 Å². The maximum Gasteiger partial charge on any atom is 0.191 e. The number of rotatable bonds is 13. The van der Waals surface area contributed by atoms with E-state index in [1.54, 1.807) is 0 Å². The van der Waals surface area contributed by atoms with E-state index in [0.717, 1.165) is 84.3 Å². The van der Waals surface area contributed by atoms with Gasteiger partial charge in [-0.25, -0.2) is 0 Å². The number of ether oxygens (including phenoxy) is 3. The van der Waals surface area contributed by atoms with Crippen LogP contribution in [0.4, 0.5) is 0 Å². The van der Waals surface area contributed by atoms with Gasteiger partial charge in [-0.15, -0.1) is 0 Å². The normalized spacial score (nSPS) is 17.5. The van der Waals surface area contributed by atoms with Crippen molar-refractivity contribution in [2.45, 2.75) is 59.5 Å². The van der Waals surface area contributed by atoms with Gasteiger partial charge in [0.25, 0.3) is 0 Å². The molecule has 2 N–H and O–H groups in total. The Morgan fingerprint density at radius 2 is 1.96 bits per heavy atom. The van der Waals surface area contributed by atoms with E-state index in [1.165, 1.54) is 0 Å². The summed E-state index contributed by atoms with van der Waals surface area (Å²) in [6.45, 7) is 15.3. The first kappa shape index (κ1) is 23.2. The van der Waals surface area contributed by atoms with Crippen molar-refractivity contribution in [1.82, 2.24) is 10.6 Å². The molecule has 0 aromatic rings. The van der Waals surface area contributed by atoms with Crippen molar-refractivity contribution < 1.29 is 14.2 Å².